The summed E-state index contributed by atoms with van der Waals surface area (Å²) in [7, 11) is 2.08. The van der Waals surface area contributed by atoms with E-state index in [1.807, 2.05) is 0 Å². The number of benzene rings is 1. The molecule has 0 spiro atoms. The fraction of sp³-hybridized carbons (Fsp3) is 0.571. The first-order chi connectivity index (χ1) is 15.8. The van der Waals surface area contributed by atoms with Gasteiger partial charge in [-0.15, -0.1) is 0 Å². The molecule has 13 heteroatoms. The molecule has 1 fully saturated rings. The standard InChI is InChI=1S/C21H24F6N2O5/c1-11(33-2)19(20(32)34-3)29(10-21(25,26)27)17(31)8-14-4-5-16(30)28(14)9-12-6-13(22)7-15(23)18(12)24/h6-7,11,14,19H,4-5,8-10H2,1-3H3/t11-,14+,19+/m1/s1. The van der Waals surface area contributed by atoms with Crippen molar-refractivity contribution in [3.63, 3.8) is 0 Å². The van der Waals surface area contributed by atoms with Crippen molar-refractivity contribution < 1.29 is 50.2 Å². The highest BCUT2D eigenvalue weighted by Gasteiger charge is 2.44. The van der Waals surface area contributed by atoms with Gasteiger partial charge in [0.15, 0.2) is 17.7 Å². The fourth-order valence-electron chi connectivity index (χ4n) is 3.81. The van der Waals surface area contributed by atoms with Crippen LogP contribution in [-0.4, -0.2) is 72.7 Å². The van der Waals surface area contributed by atoms with E-state index in [9.17, 15) is 40.7 Å². The molecule has 2 amide bonds. The zero-order chi connectivity index (χ0) is 25.8. The second-order valence-corrected chi connectivity index (χ2v) is 7.82. The minimum Gasteiger partial charge on any atom is -0.467 e. The van der Waals surface area contributed by atoms with E-state index in [1.54, 1.807) is 0 Å². The third kappa shape index (κ3) is 6.61. The molecule has 3 atom stereocenters. The van der Waals surface area contributed by atoms with Crippen molar-refractivity contribution in [2.45, 2.75) is 57.1 Å². The van der Waals surface area contributed by atoms with Gasteiger partial charge in [-0.3, -0.25) is 9.59 Å². The Labute approximate surface area is 191 Å². The highest BCUT2D eigenvalue weighted by atomic mass is 19.4. The van der Waals surface area contributed by atoms with Crippen LogP contribution in [0.4, 0.5) is 26.3 Å². The van der Waals surface area contributed by atoms with Crippen molar-refractivity contribution in [3.8, 4) is 0 Å². The van der Waals surface area contributed by atoms with Crippen molar-refractivity contribution in [3.05, 3.63) is 35.1 Å². The summed E-state index contributed by atoms with van der Waals surface area (Å²) in [6, 6.07) is -1.71. The molecule has 0 unspecified atom stereocenters. The van der Waals surface area contributed by atoms with E-state index in [0.29, 0.717) is 12.1 Å². The Morgan fingerprint density at radius 3 is 2.41 bits per heavy atom. The van der Waals surface area contributed by atoms with Crippen LogP contribution in [-0.2, 0) is 30.4 Å². The summed E-state index contributed by atoms with van der Waals surface area (Å²) >= 11 is 0. The quantitative estimate of drug-likeness (QED) is 0.297. The highest BCUT2D eigenvalue weighted by Crippen LogP contribution is 2.28. The first-order valence-corrected chi connectivity index (χ1v) is 10.2. The first-order valence-electron chi connectivity index (χ1n) is 10.2. The molecule has 34 heavy (non-hydrogen) atoms. The molecule has 2 rings (SSSR count). The number of alkyl halides is 3. The van der Waals surface area contributed by atoms with Gasteiger partial charge in [0, 0.05) is 44.2 Å². The Bertz CT molecular complexity index is 926. The number of amides is 2. The summed E-state index contributed by atoms with van der Waals surface area (Å²) in [4.78, 5) is 38.7. The molecule has 1 aliphatic rings. The summed E-state index contributed by atoms with van der Waals surface area (Å²) in [6.07, 6.45) is -6.75. The maximum absolute atomic E-state index is 14.1. The van der Waals surface area contributed by atoms with E-state index < -0.39 is 84.7 Å². The lowest BCUT2D eigenvalue weighted by Gasteiger charge is -2.35. The largest absolute Gasteiger partial charge is 0.467 e. The molecule has 1 heterocycles. The average Bonchev–Trinajstić information content (AvgIpc) is 3.08. The Morgan fingerprint density at radius 1 is 1.21 bits per heavy atom. The SMILES string of the molecule is COC(=O)[C@H]([C@@H](C)OC)N(CC(F)(F)F)C(=O)C[C@@H]1CCC(=O)N1Cc1cc(F)cc(F)c1F. The zero-order valence-electron chi connectivity index (χ0n) is 18.6. The van der Waals surface area contributed by atoms with Crippen LogP contribution in [0.25, 0.3) is 0 Å². The van der Waals surface area contributed by atoms with Gasteiger partial charge in [0.05, 0.1) is 13.2 Å². The normalized spacial score (nSPS) is 18.1. The van der Waals surface area contributed by atoms with Crippen molar-refractivity contribution in [2.24, 2.45) is 0 Å². The van der Waals surface area contributed by atoms with Crippen molar-refractivity contribution >= 4 is 17.8 Å². The number of hydrogen-bond donors (Lipinski definition) is 0. The van der Waals surface area contributed by atoms with Gasteiger partial charge < -0.3 is 19.3 Å². The molecule has 1 aliphatic heterocycles. The second-order valence-electron chi connectivity index (χ2n) is 7.82. The molecule has 1 aromatic carbocycles. The number of ether oxygens (including phenoxy) is 2. The topological polar surface area (TPSA) is 76.1 Å². The minimum absolute atomic E-state index is 0.0343. The third-order valence-electron chi connectivity index (χ3n) is 5.54. The summed E-state index contributed by atoms with van der Waals surface area (Å²) in [5.74, 6) is -6.78. The van der Waals surface area contributed by atoms with E-state index in [4.69, 9.17) is 4.74 Å². The van der Waals surface area contributed by atoms with Crippen molar-refractivity contribution in [2.75, 3.05) is 20.8 Å². The average molecular weight is 498 g/mol. The minimum atomic E-state index is -4.87. The number of likely N-dealkylation sites (tertiary alicyclic amines) is 1. The molecular formula is C21H24F6N2O5. The summed E-state index contributed by atoms with van der Waals surface area (Å²) in [6.45, 7) is -1.10. The maximum atomic E-state index is 14.1. The lowest BCUT2D eigenvalue weighted by Crippen LogP contribution is -2.55. The highest BCUT2D eigenvalue weighted by molar-refractivity contribution is 5.86. The molecule has 7 nitrogen and oxygen atoms in total. The van der Waals surface area contributed by atoms with E-state index in [2.05, 4.69) is 4.74 Å². The van der Waals surface area contributed by atoms with Crippen molar-refractivity contribution in [1.29, 1.82) is 0 Å². The second kappa shape index (κ2) is 11.1. The predicted octanol–water partition coefficient (Wildman–Crippen LogP) is 2.95. The molecule has 0 radical (unpaired) electrons. The van der Waals surface area contributed by atoms with Crippen LogP contribution in [0.15, 0.2) is 12.1 Å². The number of rotatable bonds is 9. The summed E-state index contributed by atoms with van der Waals surface area (Å²) in [5.41, 5.74) is -0.488. The van der Waals surface area contributed by atoms with Gasteiger partial charge >= 0.3 is 12.1 Å². The van der Waals surface area contributed by atoms with Crippen LogP contribution < -0.4 is 0 Å². The number of methoxy groups -OCH3 is 2. The van der Waals surface area contributed by atoms with Gasteiger partial charge in [0.2, 0.25) is 11.8 Å². The monoisotopic (exact) mass is 498 g/mol. The molecule has 0 bridgehead atoms. The number of carbonyl (C=O) groups is 3. The van der Waals surface area contributed by atoms with Gasteiger partial charge in [-0.05, 0) is 19.4 Å². The number of nitrogens with zero attached hydrogens (tertiary/aromatic N) is 2. The smallest absolute Gasteiger partial charge is 0.406 e. The molecule has 0 aliphatic carbocycles. The van der Waals surface area contributed by atoms with Gasteiger partial charge in [-0.25, -0.2) is 18.0 Å². The molecule has 1 saturated heterocycles. The van der Waals surface area contributed by atoms with Gasteiger partial charge in [-0.1, -0.05) is 0 Å². The number of hydrogen-bond acceptors (Lipinski definition) is 5. The fourth-order valence-corrected chi connectivity index (χ4v) is 3.81. The molecule has 190 valence electrons. The molecule has 1 aromatic rings. The van der Waals surface area contributed by atoms with Gasteiger partial charge in [-0.2, -0.15) is 13.2 Å². The van der Waals surface area contributed by atoms with Gasteiger partial charge in [0.1, 0.15) is 12.4 Å². The predicted molar refractivity (Wildman–Crippen MR) is 105 cm³/mol. The van der Waals surface area contributed by atoms with Crippen LogP contribution >= 0.6 is 0 Å². The van der Waals surface area contributed by atoms with E-state index >= 15 is 0 Å². The van der Waals surface area contributed by atoms with Gasteiger partial charge in [0.25, 0.3) is 0 Å². The lowest BCUT2D eigenvalue weighted by molar-refractivity contribution is -0.180. The Hall–Kier alpha value is -2.83. The van der Waals surface area contributed by atoms with Crippen LogP contribution in [0, 0.1) is 17.5 Å². The van der Waals surface area contributed by atoms with Crippen LogP contribution in [0.5, 0.6) is 0 Å². The van der Waals surface area contributed by atoms with E-state index in [0.717, 1.165) is 19.1 Å². The summed E-state index contributed by atoms with van der Waals surface area (Å²) in [5, 5.41) is 0. The maximum Gasteiger partial charge on any atom is 0.406 e. The van der Waals surface area contributed by atoms with E-state index in [-0.39, 0.29) is 17.7 Å². The Balaban J connectivity index is 2.32. The van der Waals surface area contributed by atoms with E-state index in [1.165, 1.54) is 6.92 Å². The van der Waals surface area contributed by atoms with Crippen LogP contribution in [0.1, 0.15) is 31.7 Å². The van der Waals surface area contributed by atoms with Crippen LogP contribution in [0.3, 0.4) is 0 Å². The lowest BCUT2D eigenvalue weighted by atomic mass is 10.1. The number of carbonyl (C=O) groups excluding carboxylic acids is 3. The third-order valence-corrected chi connectivity index (χ3v) is 5.54. The molecule has 0 aromatic heterocycles. The number of esters is 1. The molecule has 0 saturated carbocycles. The Kier molecular flexibility index (Phi) is 8.92. The first kappa shape index (κ1) is 27.4. The van der Waals surface area contributed by atoms with Crippen LogP contribution in [0.2, 0.25) is 0 Å². The summed E-state index contributed by atoms with van der Waals surface area (Å²) < 4.78 is 90.4. The molecular weight excluding hydrogens is 474 g/mol. The number of halogens is 6. The van der Waals surface area contributed by atoms with Crippen molar-refractivity contribution in [1.82, 2.24) is 9.80 Å². The Morgan fingerprint density at radius 2 is 1.85 bits per heavy atom. The zero-order valence-corrected chi connectivity index (χ0v) is 18.6. The molecule has 0 N–H and O–H groups in total.